The van der Waals surface area contributed by atoms with E-state index in [2.05, 4.69) is 10.6 Å². The molecule has 1 aliphatic carbocycles. The highest BCUT2D eigenvalue weighted by Crippen LogP contribution is 2.34. The average Bonchev–Trinajstić information content (AvgIpc) is 2.78. The summed E-state index contributed by atoms with van der Waals surface area (Å²) in [7, 11) is 2.73. The van der Waals surface area contributed by atoms with E-state index in [9.17, 15) is 9.59 Å². The molecule has 0 fully saturated rings. The number of allylic oxidation sites excluding steroid dienone is 2. The fraction of sp³-hybridized carbons (Fsp3) is 0.308. The van der Waals surface area contributed by atoms with Gasteiger partial charge in [-0.05, 0) is 62.1 Å². The van der Waals surface area contributed by atoms with Crippen LogP contribution in [0.5, 0.6) is 0 Å². The van der Waals surface area contributed by atoms with Crippen LogP contribution in [0, 0.1) is 27.7 Å². The lowest BCUT2D eigenvalue weighted by Crippen LogP contribution is -2.24. The molecule has 0 unspecified atom stereocenters. The van der Waals surface area contributed by atoms with Gasteiger partial charge in [0.1, 0.15) is 0 Å². The molecule has 6 nitrogen and oxygen atoms in total. The molecule has 2 N–H and O–H groups in total. The van der Waals surface area contributed by atoms with Crippen LogP contribution in [0.1, 0.15) is 35.1 Å². The topological polar surface area (TPSA) is 76.7 Å². The number of anilines is 2. The van der Waals surface area contributed by atoms with Crippen LogP contribution in [0.2, 0.25) is 0 Å². The van der Waals surface area contributed by atoms with Crippen molar-refractivity contribution in [3.05, 3.63) is 81.2 Å². The van der Waals surface area contributed by atoms with E-state index in [-0.39, 0.29) is 12.8 Å². The van der Waals surface area contributed by atoms with E-state index in [1.165, 1.54) is 14.2 Å². The third-order valence-electron chi connectivity index (χ3n) is 5.66. The maximum atomic E-state index is 12.7. The summed E-state index contributed by atoms with van der Waals surface area (Å²) < 4.78 is 10.1. The van der Waals surface area contributed by atoms with E-state index >= 15 is 0 Å². The largest absolute Gasteiger partial charge is 0.466 e. The molecule has 0 bridgehead atoms. The van der Waals surface area contributed by atoms with Crippen molar-refractivity contribution in [2.75, 3.05) is 24.9 Å². The number of esters is 2. The molecule has 0 heterocycles. The molecule has 0 radical (unpaired) electrons. The van der Waals surface area contributed by atoms with Gasteiger partial charge in [0.15, 0.2) is 0 Å². The number of carbonyl (C=O) groups excluding carboxylic acids is 2. The van der Waals surface area contributed by atoms with Crippen LogP contribution in [-0.2, 0) is 19.1 Å². The maximum Gasteiger partial charge on any atom is 0.335 e. The summed E-state index contributed by atoms with van der Waals surface area (Å²) in [5, 5.41) is 6.76. The van der Waals surface area contributed by atoms with Gasteiger partial charge in [-0.25, -0.2) is 9.59 Å². The molecule has 0 amide bonds. The van der Waals surface area contributed by atoms with Crippen LogP contribution < -0.4 is 10.6 Å². The summed E-state index contributed by atoms with van der Waals surface area (Å²) >= 11 is 0. The molecule has 0 spiro atoms. The molecule has 0 saturated heterocycles. The summed E-state index contributed by atoms with van der Waals surface area (Å²) in [5.74, 6) is -0.857. The number of nitrogens with one attached hydrogen (secondary N) is 2. The second-order valence-corrected chi connectivity index (χ2v) is 8.14. The first-order valence-electron chi connectivity index (χ1n) is 10.5. The molecular formula is C26H30N2O4. The Morgan fingerprint density at radius 3 is 1.41 bits per heavy atom. The van der Waals surface area contributed by atoms with Crippen molar-refractivity contribution in [3.63, 3.8) is 0 Å². The lowest BCUT2D eigenvalue weighted by molar-refractivity contribution is -0.137. The van der Waals surface area contributed by atoms with Crippen molar-refractivity contribution in [2.45, 2.75) is 40.5 Å². The number of aryl methyl sites for hydroxylation is 4. The van der Waals surface area contributed by atoms with E-state index in [0.717, 1.165) is 33.6 Å². The summed E-state index contributed by atoms with van der Waals surface area (Å²) in [4.78, 5) is 25.4. The van der Waals surface area contributed by atoms with Gasteiger partial charge in [-0.2, -0.15) is 0 Å². The second-order valence-electron chi connectivity index (χ2n) is 8.14. The van der Waals surface area contributed by atoms with Crippen LogP contribution >= 0.6 is 0 Å². The predicted molar refractivity (Wildman–Crippen MR) is 126 cm³/mol. The van der Waals surface area contributed by atoms with Crippen LogP contribution in [0.25, 0.3) is 0 Å². The Hall–Kier alpha value is -3.54. The fourth-order valence-electron chi connectivity index (χ4n) is 3.72. The molecule has 0 aliphatic heterocycles. The van der Waals surface area contributed by atoms with Gasteiger partial charge in [-0.15, -0.1) is 0 Å². The molecule has 168 valence electrons. The van der Waals surface area contributed by atoms with Gasteiger partial charge < -0.3 is 20.1 Å². The minimum absolute atomic E-state index is 0.220. The van der Waals surface area contributed by atoms with Gasteiger partial charge in [-0.1, -0.05) is 24.3 Å². The Bertz CT molecular complexity index is 1040. The Morgan fingerprint density at radius 1 is 0.688 bits per heavy atom. The van der Waals surface area contributed by atoms with Gasteiger partial charge >= 0.3 is 11.9 Å². The molecule has 0 saturated carbocycles. The number of rotatable bonds is 6. The van der Waals surface area contributed by atoms with Gasteiger partial charge in [0.25, 0.3) is 0 Å². The van der Waals surface area contributed by atoms with Gasteiger partial charge in [0.05, 0.1) is 25.4 Å². The van der Waals surface area contributed by atoms with E-state index in [0.29, 0.717) is 22.5 Å². The summed E-state index contributed by atoms with van der Waals surface area (Å²) in [6, 6.07) is 12.1. The van der Waals surface area contributed by atoms with Gasteiger partial charge in [0, 0.05) is 35.6 Å². The van der Waals surface area contributed by atoms with Crippen molar-refractivity contribution in [2.24, 2.45) is 0 Å². The van der Waals surface area contributed by atoms with Gasteiger partial charge in [0.2, 0.25) is 0 Å². The van der Waals surface area contributed by atoms with Crippen molar-refractivity contribution < 1.29 is 19.1 Å². The smallest absolute Gasteiger partial charge is 0.335 e. The molecule has 2 aromatic carbocycles. The zero-order chi connectivity index (χ0) is 23.4. The summed E-state index contributed by atoms with van der Waals surface area (Å²) in [6.07, 6.45) is 0.440. The van der Waals surface area contributed by atoms with Crippen LogP contribution in [0.15, 0.2) is 58.9 Å². The summed E-state index contributed by atoms with van der Waals surface area (Å²) in [6.45, 7) is 8.00. The van der Waals surface area contributed by atoms with Crippen molar-refractivity contribution in [3.8, 4) is 0 Å². The third-order valence-corrected chi connectivity index (χ3v) is 5.66. The molecular weight excluding hydrogens is 404 g/mol. The molecule has 6 heteroatoms. The molecule has 2 aromatic rings. The average molecular weight is 435 g/mol. The number of hydrogen-bond acceptors (Lipinski definition) is 6. The van der Waals surface area contributed by atoms with Crippen molar-refractivity contribution in [1.29, 1.82) is 0 Å². The Balaban J connectivity index is 2.04. The minimum atomic E-state index is -0.429. The van der Waals surface area contributed by atoms with Gasteiger partial charge in [-0.3, -0.25) is 0 Å². The zero-order valence-corrected chi connectivity index (χ0v) is 19.5. The minimum Gasteiger partial charge on any atom is -0.466 e. The quantitative estimate of drug-likeness (QED) is 0.617. The first-order chi connectivity index (χ1) is 15.2. The van der Waals surface area contributed by atoms with Crippen molar-refractivity contribution >= 4 is 23.3 Å². The molecule has 32 heavy (non-hydrogen) atoms. The highest BCUT2D eigenvalue weighted by Gasteiger charge is 2.30. The lowest BCUT2D eigenvalue weighted by Gasteiger charge is -2.26. The molecule has 1 aliphatic rings. The van der Waals surface area contributed by atoms with E-state index in [1.807, 2.05) is 64.1 Å². The lowest BCUT2D eigenvalue weighted by atomic mass is 9.92. The normalized spacial score (nSPS) is 13.7. The van der Waals surface area contributed by atoms with Crippen LogP contribution in [0.4, 0.5) is 11.4 Å². The Kier molecular flexibility index (Phi) is 7.03. The number of methoxy groups -OCH3 is 2. The standard InChI is InChI=1S/C26H30N2O4/c1-15-7-9-17(3)21(11-15)27-23-13-20(26(30)32-6)24(14-19(23)25(29)31-5)28-22-12-16(2)8-10-18(22)4/h7-12,27-28H,13-14H2,1-6H3. The van der Waals surface area contributed by atoms with Crippen LogP contribution in [0.3, 0.4) is 0 Å². The molecule has 0 aromatic heterocycles. The highest BCUT2D eigenvalue weighted by atomic mass is 16.5. The Labute approximate surface area is 189 Å². The maximum absolute atomic E-state index is 12.7. The molecule has 3 rings (SSSR count). The van der Waals surface area contributed by atoms with E-state index < -0.39 is 11.9 Å². The predicted octanol–water partition coefficient (Wildman–Crippen LogP) is 5.09. The van der Waals surface area contributed by atoms with Crippen molar-refractivity contribution in [1.82, 2.24) is 0 Å². The van der Waals surface area contributed by atoms with E-state index in [4.69, 9.17) is 9.47 Å². The number of carbonyl (C=O) groups is 2. The van der Waals surface area contributed by atoms with Crippen LogP contribution in [-0.4, -0.2) is 26.2 Å². The summed E-state index contributed by atoms with van der Waals surface area (Å²) in [5.41, 5.74) is 8.27. The highest BCUT2D eigenvalue weighted by molar-refractivity contribution is 5.96. The SMILES string of the molecule is COC(=O)C1=C(Nc2cc(C)ccc2C)CC(C(=O)OC)=C(Nc2cc(C)ccc2C)C1. The number of hydrogen-bond donors (Lipinski definition) is 2. The third kappa shape index (κ3) is 5.02. The number of ether oxygens (including phenoxy) is 2. The second kappa shape index (κ2) is 9.73. The monoisotopic (exact) mass is 434 g/mol. The first-order valence-corrected chi connectivity index (χ1v) is 10.5. The fourth-order valence-corrected chi connectivity index (χ4v) is 3.72. The molecule has 0 atom stereocenters. The van der Waals surface area contributed by atoms with E-state index in [1.54, 1.807) is 0 Å². The zero-order valence-electron chi connectivity index (χ0n) is 19.5. The first kappa shape index (κ1) is 23.1. The Morgan fingerprint density at radius 2 is 1.06 bits per heavy atom. The number of benzene rings is 2.